The van der Waals surface area contributed by atoms with Crippen molar-refractivity contribution in [2.24, 2.45) is 0 Å². The maximum Gasteiger partial charge on any atom is 0.434 e. The average Bonchev–Trinajstić information content (AvgIpc) is 2.15. The van der Waals surface area contributed by atoms with Crippen LogP contribution in [0.25, 0.3) is 0 Å². The molecule has 1 N–H and O–H groups in total. The van der Waals surface area contributed by atoms with E-state index in [1.807, 2.05) is 6.92 Å². The van der Waals surface area contributed by atoms with Gasteiger partial charge in [-0.1, -0.05) is 18.5 Å². The number of aromatic nitrogens is 1. The molecule has 15 heavy (non-hydrogen) atoms. The van der Waals surface area contributed by atoms with E-state index in [9.17, 15) is 13.2 Å². The zero-order valence-electron chi connectivity index (χ0n) is 8.03. The van der Waals surface area contributed by atoms with Gasteiger partial charge in [-0.2, -0.15) is 13.2 Å². The Balaban J connectivity index is 2.95. The molecule has 0 spiro atoms. The first-order valence-corrected chi connectivity index (χ1v) is 4.80. The van der Waals surface area contributed by atoms with Gasteiger partial charge in [0.25, 0.3) is 0 Å². The van der Waals surface area contributed by atoms with Crippen LogP contribution in [0.2, 0.25) is 5.02 Å². The summed E-state index contributed by atoms with van der Waals surface area (Å²) >= 11 is 5.40. The monoisotopic (exact) mass is 238 g/mol. The zero-order chi connectivity index (χ0) is 11.5. The molecule has 0 fully saturated rings. The van der Waals surface area contributed by atoms with Gasteiger partial charge in [0.05, 0.1) is 5.02 Å². The van der Waals surface area contributed by atoms with Crippen molar-refractivity contribution in [3.63, 3.8) is 0 Å². The van der Waals surface area contributed by atoms with Crippen molar-refractivity contribution in [2.75, 3.05) is 11.9 Å². The number of alkyl halides is 3. The molecule has 0 saturated carbocycles. The summed E-state index contributed by atoms with van der Waals surface area (Å²) in [6, 6.07) is 2.61. The van der Waals surface area contributed by atoms with Crippen LogP contribution in [0.5, 0.6) is 0 Å². The van der Waals surface area contributed by atoms with Gasteiger partial charge in [-0.05, 0) is 18.6 Å². The zero-order valence-corrected chi connectivity index (χ0v) is 8.78. The van der Waals surface area contributed by atoms with Crippen molar-refractivity contribution in [3.8, 4) is 0 Å². The summed E-state index contributed by atoms with van der Waals surface area (Å²) in [5, 5.41) is 2.38. The fourth-order valence-electron chi connectivity index (χ4n) is 0.992. The number of nitrogens with zero attached hydrogens (tertiary/aromatic N) is 1. The first kappa shape index (κ1) is 12.1. The van der Waals surface area contributed by atoms with Crippen LogP contribution in [0, 0.1) is 0 Å². The van der Waals surface area contributed by atoms with Crippen molar-refractivity contribution in [2.45, 2.75) is 19.5 Å². The van der Waals surface area contributed by atoms with Crippen molar-refractivity contribution in [1.29, 1.82) is 0 Å². The van der Waals surface area contributed by atoms with Crippen LogP contribution < -0.4 is 5.32 Å². The Morgan fingerprint density at radius 3 is 2.60 bits per heavy atom. The number of anilines is 1. The Labute approximate surface area is 90.5 Å². The van der Waals surface area contributed by atoms with E-state index in [0.29, 0.717) is 6.54 Å². The number of pyridine rings is 1. The molecule has 1 aromatic rings. The first-order chi connectivity index (χ1) is 6.95. The summed E-state index contributed by atoms with van der Waals surface area (Å²) in [6.07, 6.45) is -3.70. The summed E-state index contributed by atoms with van der Waals surface area (Å²) in [7, 11) is 0. The lowest BCUT2D eigenvalue weighted by molar-refractivity contribution is -0.140. The molecular formula is C9H10ClF3N2. The van der Waals surface area contributed by atoms with Crippen LogP contribution in [0.1, 0.15) is 19.0 Å². The second-order valence-corrected chi connectivity index (χ2v) is 3.36. The van der Waals surface area contributed by atoms with Crippen LogP contribution in [-0.4, -0.2) is 11.5 Å². The predicted octanol–water partition coefficient (Wildman–Crippen LogP) is 3.58. The van der Waals surface area contributed by atoms with Gasteiger partial charge in [-0.25, -0.2) is 4.98 Å². The molecule has 0 radical (unpaired) electrons. The molecule has 0 aromatic carbocycles. The van der Waals surface area contributed by atoms with Crippen molar-refractivity contribution >= 4 is 17.4 Å². The normalized spacial score (nSPS) is 11.5. The van der Waals surface area contributed by atoms with Crippen LogP contribution in [-0.2, 0) is 6.18 Å². The summed E-state index contributed by atoms with van der Waals surface area (Å²) in [5.41, 5.74) is -1.05. The number of nitrogens with one attached hydrogen (secondary N) is 1. The molecule has 0 amide bonds. The standard InChI is InChI=1S/C9H10ClF3N2/c1-2-5-14-7-4-3-6(10)8(15-7)9(11,12)13/h3-4H,2,5H2,1H3,(H,14,15). The second kappa shape index (κ2) is 4.70. The smallest absolute Gasteiger partial charge is 0.370 e. The molecule has 0 aliphatic carbocycles. The van der Waals surface area contributed by atoms with Gasteiger partial charge in [-0.15, -0.1) is 0 Å². The van der Waals surface area contributed by atoms with Gasteiger partial charge in [0.1, 0.15) is 5.82 Å². The summed E-state index contributed by atoms with van der Waals surface area (Å²) in [5.74, 6) is 0.188. The third-order valence-corrected chi connectivity index (χ3v) is 1.98. The van der Waals surface area contributed by atoms with Gasteiger partial charge in [0, 0.05) is 6.54 Å². The minimum absolute atomic E-state index is 0.188. The molecule has 1 rings (SSSR count). The lowest BCUT2D eigenvalue weighted by atomic mass is 10.3. The SMILES string of the molecule is CCCNc1ccc(Cl)c(C(F)(F)F)n1. The Hall–Kier alpha value is -0.970. The van der Waals surface area contributed by atoms with E-state index in [1.54, 1.807) is 0 Å². The van der Waals surface area contributed by atoms with Gasteiger partial charge < -0.3 is 5.32 Å². The van der Waals surface area contributed by atoms with Crippen LogP contribution in [0.15, 0.2) is 12.1 Å². The highest BCUT2D eigenvalue weighted by molar-refractivity contribution is 6.31. The summed E-state index contributed by atoms with van der Waals surface area (Å²) < 4.78 is 37.1. The Morgan fingerprint density at radius 2 is 2.07 bits per heavy atom. The molecule has 1 aromatic heterocycles. The summed E-state index contributed by atoms with van der Waals surface area (Å²) in [4.78, 5) is 3.41. The first-order valence-electron chi connectivity index (χ1n) is 4.42. The van der Waals surface area contributed by atoms with Gasteiger partial charge in [0.2, 0.25) is 0 Å². The van der Waals surface area contributed by atoms with Crippen LogP contribution in [0.4, 0.5) is 19.0 Å². The fraction of sp³-hybridized carbons (Fsp3) is 0.444. The van der Waals surface area contributed by atoms with E-state index in [-0.39, 0.29) is 10.8 Å². The minimum atomic E-state index is -4.51. The lowest BCUT2D eigenvalue weighted by Gasteiger charge is -2.10. The molecule has 84 valence electrons. The number of halogens is 4. The van der Waals surface area contributed by atoms with Gasteiger partial charge in [-0.3, -0.25) is 0 Å². The van der Waals surface area contributed by atoms with E-state index >= 15 is 0 Å². The van der Waals surface area contributed by atoms with Crippen molar-refractivity contribution < 1.29 is 13.2 Å². The molecule has 0 atom stereocenters. The van der Waals surface area contributed by atoms with Gasteiger partial charge >= 0.3 is 6.18 Å². The molecule has 0 aliphatic heterocycles. The molecule has 0 aliphatic rings. The maximum absolute atomic E-state index is 12.4. The average molecular weight is 239 g/mol. The molecule has 2 nitrogen and oxygen atoms in total. The molecule has 0 unspecified atom stereocenters. The Kier molecular flexibility index (Phi) is 3.79. The van der Waals surface area contributed by atoms with E-state index in [1.165, 1.54) is 12.1 Å². The molecular weight excluding hydrogens is 229 g/mol. The number of hydrogen-bond acceptors (Lipinski definition) is 2. The van der Waals surface area contributed by atoms with E-state index < -0.39 is 11.9 Å². The minimum Gasteiger partial charge on any atom is -0.370 e. The topological polar surface area (TPSA) is 24.9 Å². The predicted molar refractivity (Wildman–Crippen MR) is 53.0 cm³/mol. The second-order valence-electron chi connectivity index (χ2n) is 2.95. The maximum atomic E-state index is 12.4. The van der Waals surface area contributed by atoms with Crippen molar-refractivity contribution in [3.05, 3.63) is 22.8 Å². The molecule has 0 bridgehead atoms. The Bertz CT molecular complexity index is 339. The van der Waals surface area contributed by atoms with Crippen molar-refractivity contribution in [1.82, 2.24) is 4.98 Å². The highest BCUT2D eigenvalue weighted by Crippen LogP contribution is 2.33. The Morgan fingerprint density at radius 1 is 1.40 bits per heavy atom. The molecule has 0 saturated heterocycles. The largest absolute Gasteiger partial charge is 0.434 e. The quantitative estimate of drug-likeness (QED) is 0.871. The highest BCUT2D eigenvalue weighted by atomic mass is 35.5. The van der Waals surface area contributed by atoms with Gasteiger partial charge in [0.15, 0.2) is 5.69 Å². The highest BCUT2D eigenvalue weighted by Gasteiger charge is 2.35. The third kappa shape index (κ3) is 3.27. The third-order valence-electron chi connectivity index (χ3n) is 1.67. The number of hydrogen-bond donors (Lipinski definition) is 1. The van der Waals surface area contributed by atoms with E-state index in [4.69, 9.17) is 11.6 Å². The molecule has 1 heterocycles. The molecule has 6 heteroatoms. The van der Waals surface area contributed by atoms with E-state index in [2.05, 4.69) is 10.3 Å². The van der Waals surface area contributed by atoms with Crippen LogP contribution in [0.3, 0.4) is 0 Å². The number of rotatable bonds is 3. The fourth-order valence-corrected chi connectivity index (χ4v) is 1.20. The lowest BCUT2D eigenvalue weighted by Crippen LogP contribution is -2.11. The van der Waals surface area contributed by atoms with E-state index in [0.717, 1.165) is 6.42 Å². The summed E-state index contributed by atoms with van der Waals surface area (Å²) in [6.45, 7) is 2.49. The van der Waals surface area contributed by atoms with Crippen LogP contribution >= 0.6 is 11.6 Å².